The van der Waals surface area contributed by atoms with Gasteiger partial charge in [0.1, 0.15) is 11.5 Å². The number of para-hydroxylation sites is 2. The Morgan fingerprint density at radius 1 is 0.567 bits per heavy atom. The second kappa shape index (κ2) is 8.40. The summed E-state index contributed by atoms with van der Waals surface area (Å²) in [4.78, 5) is 0. The Balaban J connectivity index is 2.02. The lowest BCUT2D eigenvalue weighted by atomic mass is 10.1. The molecule has 0 bridgehead atoms. The number of hydrogen-bond acceptors (Lipinski definition) is 4. The van der Waals surface area contributed by atoms with Crippen molar-refractivity contribution in [2.45, 2.75) is 80.3 Å². The van der Waals surface area contributed by atoms with Gasteiger partial charge in [0.2, 0.25) is 0 Å². The minimum atomic E-state index is -0.994. The van der Waals surface area contributed by atoms with Gasteiger partial charge in [0.05, 0.1) is 0 Å². The second-order valence-corrected chi connectivity index (χ2v) is 13.7. The lowest BCUT2D eigenvalue weighted by Gasteiger charge is -2.60. The van der Waals surface area contributed by atoms with Crippen molar-refractivity contribution in [3.05, 3.63) is 58.7 Å². The molecule has 0 aromatic heterocycles. The highest BCUT2D eigenvalue weighted by molar-refractivity contribution is 7.78. The zero-order chi connectivity index (χ0) is 22.4. The van der Waals surface area contributed by atoms with E-state index in [1.54, 1.807) is 0 Å². The lowest BCUT2D eigenvalue weighted by molar-refractivity contribution is 0.225. The summed E-state index contributed by atoms with van der Waals surface area (Å²) in [6, 6.07) is 12.7. The van der Waals surface area contributed by atoms with E-state index in [1.165, 1.54) is 22.3 Å². The van der Waals surface area contributed by atoms with E-state index in [4.69, 9.17) is 9.05 Å². The van der Waals surface area contributed by atoms with E-state index >= 15 is 0 Å². The van der Waals surface area contributed by atoms with Crippen LogP contribution in [-0.2, 0) is 0 Å². The van der Waals surface area contributed by atoms with E-state index in [2.05, 4.69) is 115 Å². The van der Waals surface area contributed by atoms with Gasteiger partial charge in [0.15, 0.2) is 0 Å². The number of nitrogens with zero attached hydrogens (tertiary/aromatic N) is 2. The van der Waals surface area contributed by atoms with E-state index in [-0.39, 0.29) is 11.1 Å². The summed E-state index contributed by atoms with van der Waals surface area (Å²) in [6.07, 6.45) is 0. The molecule has 0 N–H and O–H groups in total. The van der Waals surface area contributed by atoms with Gasteiger partial charge in [-0.15, -0.1) is 0 Å². The predicted molar refractivity (Wildman–Crippen MR) is 130 cm³/mol. The van der Waals surface area contributed by atoms with Crippen molar-refractivity contribution >= 4 is 16.9 Å². The highest BCUT2D eigenvalue weighted by atomic mass is 31.3. The van der Waals surface area contributed by atoms with Crippen LogP contribution in [0.1, 0.15) is 63.8 Å². The fourth-order valence-electron chi connectivity index (χ4n) is 3.49. The Morgan fingerprint density at radius 2 is 0.833 bits per heavy atom. The van der Waals surface area contributed by atoms with Crippen molar-refractivity contribution in [3.8, 4) is 11.5 Å². The van der Waals surface area contributed by atoms with Crippen LogP contribution < -0.4 is 9.05 Å². The molecule has 0 amide bonds. The first kappa shape index (κ1) is 23.5. The molecule has 30 heavy (non-hydrogen) atoms. The smallest absolute Gasteiger partial charge is 0.264 e. The second-order valence-electron chi connectivity index (χ2n) is 10.1. The molecule has 1 heterocycles. The summed E-state index contributed by atoms with van der Waals surface area (Å²) in [7, 11) is -1.99. The molecule has 1 saturated heterocycles. The molecule has 2 aromatic carbocycles. The molecule has 1 fully saturated rings. The molecule has 0 spiro atoms. The topological polar surface area (TPSA) is 24.9 Å². The molecular formula is C24H36N2O2P2. The molecule has 0 unspecified atom stereocenters. The molecule has 6 heteroatoms. The first-order valence-electron chi connectivity index (χ1n) is 10.5. The van der Waals surface area contributed by atoms with Gasteiger partial charge in [-0.3, -0.25) is 0 Å². The molecular weight excluding hydrogens is 410 g/mol. The number of benzene rings is 2. The first-order chi connectivity index (χ1) is 13.8. The molecule has 4 nitrogen and oxygen atoms in total. The Kier molecular flexibility index (Phi) is 6.57. The van der Waals surface area contributed by atoms with Gasteiger partial charge in [0, 0.05) is 11.1 Å². The van der Waals surface area contributed by atoms with Crippen molar-refractivity contribution in [1.29, 1.82) is 0 Å². The standard InChI is InChI=1S/C24H36N2O2P2/c1-17-13-11-14-18(2)21(17)27-29-25(23(5,6)7)30(26(29)24(8,9)10)28-22-19(3)15-12-16-20(22)4/h11-16H,1-10H3. The molecule has 3 rings (SSSR count). The van der Waals surface area contributed by atoms with Gasteiger partial charge in [-0.1, -0.05) is 36.4 Å². The van der Waals surface area contributed by atoms with Crippen molar-refractivity contribution in [2.24, 2.45) is 0 Å². The summed E-state index contributed by atoms with van der Waals surface area (Å²) in [5.74, 6) is 1.99. The van der Waals surface area contributed by atoms with Gasteiger partial charge < -0.3 is 9.05 Å². The zero-order valence-electron chi connectivity index (χ0n) is 20.1. The van der Waals surface area contributed by atoms with Crippen LogP contribution >= 0.6 is 16.9 Å². The van der Waals surface area contributed by atoms with Gasteiger partial charge in [-0.2, -0.15) is 8.88 Å². The minimum absolute atomic E-state index is 0.0770. The van der Waals surface area contributed by atoms with E-state index in [9.17, 15) is 0 Å². The van der Waals surface area contributed by atoms with Crippen LogP contribution in [-0.4, -0.2) is 20.0 Å². The van der Waals surface area contributed by atoms with Crippen LogP contribution in [0.25, 0.3) is 0 Å². The predicted octanol–water partition coefficient (Wildman–Crippen LogP) is 8.05. The van der Waals surface area contributed by atoms with E-state index in [0.29, 0.717) is 0 Å². The fourth-order valence-corrected chi connectivity index (χ4v) is 9.00. The van der Waals surface area contributed by atoms with Gasteiger partial charge in [-0.05, 0) is 91.5 Å². The number of hydrogen-bond donors (Lipinski definition) is 0. The fraction of sp³-hybridized carbons (Fsp3) is 0.500. The minimum Gasteiger partial charge on any atom is -0.443 e. The molecule has 0 saturated carbocycles. The maximum absolute atomic E-state index is 6.77. The van der Waals surface area contributed by atoms with Crippen LogP contribution in [0.3, 0.4) is 0 Å². The normalized spacial score (nSPS) is 20.7. The maximum atomic E-state index is 6.77. The summed E-state index contributed by atoms with van der Waals surface area (Å²) in [5.41, 5.74) is 4.54. The molecule has 1 aliphatic rings. The molecule has 164 valence electrons. The summed E-state index contributed by atoms with van der Waals surface area (Å²) < 4.78 is 18.5. The maximum Gasteiger partial charge on any atom is 0.264 e. The van der Waals surface area contributed by atoms with Crippen LogP contribution in [0.5, 0.6) is 11.5 Å². The van der Waals surface area contributed by atoms with Crippen LogP contribution in [0, 0.1) is 27.7 Å². The van der Waals surface area contributed by atoms with Crippen LogP contribution in [0.2, 0.25) is 0 Å². The van der Waals surface area contributed by atoms with Crippen LogP contribution in [0.15, 0.2) is 36.4 Å². The van der Waals surface area contributed by atoms with Crippen molar-refractivity contribution in [2.75, 3.05) is 0 Å². The molecule has 0 atom stereocenters. The van der Waals surface area contributed by atoms with Gasteiger partial charge >= 0.3 is 0 Å². The highest BCUT2D eigenvalue weighted by Gasteiger charge is 2.61. The molecule has 1 aliphatic heterocycles. The monoisotopic (exact) mass is 446 g/mol. The Labute approximate surface area is 185 Å². The Hall–Kier alpha value is -1.18. The van der Waals surface area contributed by atoms with Crippen LogP contribution in [0.4, 0.5) is 0 Å². The summed E-state index contributed by atoms with van der Waals surface area (Å²) in [5, 5.41) is 0. The van der Waals surface area contributed by atoms with Crippen molar-refractivity contribution < 1.29 is 9.05 Å². The average Bonchev–Trinajstić information content (AvgIpc) is 2.55. The third kappa shape index (κ3) is 4.53. The first-order valence-corrected chi connectivity index (χ1v) is 12.8. The molecule has 0 aliphatic carbocycles. The lowest BCUT2D eigenvalue weighted by Crippen LogP contribution is -2.55. The largest absolute Gasteiger partial charge is 0.443 e. The molecule has 0 radical (unpaired) electrons. The average molecular weight is 447 g/mol. The summed E-state index contributed by atoms with van der Waals surface area (Å²) >= 11 is 0. The van der Waals surface area contributed by atoms with Gasteiger partial charge in [0.25, 0.3) is 16.9 Å². The highest BCUT2D eigenvalue weighted by Crippen LogP contribution is 2.81. The SMILES string of the molecule is Cc1cccc(C)c1OP1N(C(C)(C)C)P(Oc2c(C)cccc2C)N1C(C)(C)C. The number of aryl methyl sites for hydroxylation is 4. The third-order valence-corrected chi connectivity index (χ3v) is 11.2. The van der Waals surface area contributed by atoms with Gasteiger partial charge in [-0.25, -0.2) is 0 Å². The third-order valence-electron chi connectivity index (χ3n) is 5.01. The Bertz CT molecular complexity index is 794. The van der Waals surface area contributed by atoms with E-state index < -0.39 is 16.9 Å². The quantitative estimate of drug-likeness (QED) is 0.444. The Morgan fingerprint density at radius 3 is 1.07 bits per heavy atom. The number of rotatable bonds is 4. The molecule has 2 aromatic rings. The zero-order valence-corrected chi connectivity index (χ0v) is 21.9. The van der Waals surface area contributed by atoms with Crippen molar-refractivity contribution in [3.63, 3.8) is 0 Å². The summed E-state index contributed by atoms with van der Waals surface area (Å²) in [6.45, 7) is 22.0. The van der Waals surface area contributed by atoms with E-state index in [1.807, 2.05) is 0 Å². The van der Waals surface area contributed by atoms with E-state index in [0.717, 1.165) is 11.5 Å². The van der Waals surface area contributed by atoms with Crippen molar-refractivity contribution in [1.82, 2.24) is 8.88 Å².